The molecule has 0 unspecified atom stereocenters. The normalized spacial score (nSPS) is 9.50. The summed E-state index contributed by atoms with van der Waals surface area (Å²) in [7, 11) is 0. The maximum Gasteiger partial charge on any atom is 0.159 e. The number of hydrogen-bond donors (Lipinski definition) is 0. The van der Waals surface area contributed by atoms with E-state index in [4.69, 9.17) is 0 Å². The molecule has 0 aromatic heterocycles. The molecule has 0 fully saturated rings. The van der Waals surface area contributed by atoms with Gasteiger partial charge in [-0.25, -0.2) is 0 Å². The molecule has 62 valence electrons. The Morgan fingerprint density at radius 3 is 1.83 bits per heavy atom. The van der Waals surface area contributed by atoms with Crippen molar-refractivity contribution in [3.63, 3.8) is 0 Å². The number of benzene rings is 1. The highest BCUT2D eigenvalue weighted by Crippen LogP contribution is 2.12. The Kier molecular flexibility index (Phi) is 2.44. The molecule has 0 radical (unpaired) electrons. The van der Waals surface area contributed by atoms with Crippen LogP contribution in [0.4, 0.5) is 0 Å². The van der Waals surface area contributed by atoms with Crippen molar-refractivity contribution in [3.05, 3.63) is 42.0 Å². The van der Waals surface area contributed by atoms with Gasteiger partial charge in [0.1, 0.15) is 0 Å². The van der Waals surface area contributed by atoms with Crippen molar-refractivity contribution in [1.29, 1.82) is 0 Å². The van der Waals surface area contributed by atoms with Crippen LogP contribution in [-0.2, 0) is 0 Å². The number of Topliss-reactive ketones (excluding diaryl/α,β-unsaturated/α-hetero) is 1. The van der Waals surface area contributed by atoms with E-state index in [2.05, 4.69) is 6.58 Å². The van der Waals surface area contributed by atoms with Crippen LogP contribution in [0.1, 0.15) is 29.8 Å². The molecule has 0 heterocycles. The monoisotopic (exact) mass is 160 g/mol. The second kappa shape index (κ2) is 3.35. The van der Waals surface area contributed by atoms with Crippen molar-refractivity contribution >= 4 is 11.4 Å². The minimum atomic E-state index is 0.100. The standard InChI is InChI=1S/C11H12O/c1-8(2)10-4-6-11(7-5-10)9(3)12/h4-7H,1H2,2-3H3. The summed E-state index contributed by atoms with van der Waals surface area (Å²) < 4.78 is 0. The molecule has 0 N–H and O–H groups in total. The zero-order valence-electron chi connectivity index (χ0n) is 7.42. The van der Waals surface area contributed by atoms with Gasteiger partial charge in [-0.3, -0.25) is 4.79 Å². The fourth-order valence-corrected chi connectivity index (χ4v) is 0.989. The molecule has 0 aliphatic carbocycles. The average Bonchev–Trinajstić information content (AvgIpc) is 2.04. The third-order valence-corrected chi connectivity index (χ3v) is 1.78. The topological polar surface area (TPSA) is 17.1 Å². The van der Waals surface area contributed by atoms with Crippen molar-refractivity contribution in [2.45, 2.75) is 13.8 Å². The summed E-state index contributed by atoms with van der Waals surface area (Å²) in [6, 6.07) is 7.48. The second-order valence-corrected chi connectivity index (χ2v) is 2.91. The zero-order chi connectivity index (χ0) is 9.14. The third kappa shape index (κ3) is 1.82. The largest absolute Gasteiger partial charge is 0.295 e. The molecular weight excluding hydrogens is 148 g/mol. The molecule has 0 saturated heterocycles. The fourth-order valence-electron chi connectivity index (χ4n) is 0.989. The van der Waals surface area contributed by atoms with Crippen molar-refractivity contribution < 1.29 is 4.79 Å². The molecule has 0 aliphatic heterocycles. The van der Waals surface area contributed by atoms with E-state index < -0.39 is 0 Å². The molecule has 0 bridgehead atoms. The summed E-state index contributed by atoms with van der Waals surface area (Å²) in [4.78, 5) is 10.9. The smallest absolute Gasteiger partial charge is 0.159 e. The Hall–Kier alpha value is -1.37. The van der Waals surface area contributed by atoms with Gasteiger partial charge in [0.05, 0.1) is 0 Å². The first kappa shape index (κ1) is 8.72. The lowest BCUT2D eigenvalue weighted by atomic mass is 10.1. The lowest BCUT2D eigenvalue weighted by molar-refractivity contribution is 0.101. The molecular formula is C11H12O. The minimum Gasteiger partial charge on any atom is -0.295 e. The van der Waals surface area contributed by atoms with Crippen molar-refractivity contribution in [1.82, 2.24) is 0 Å². The highest BCUT2D eigenvalue weighted by molar-refractivity contribution is 5.94. The van der Waals surface area contributed by atoms with Gasteiger partial charge in [-0.1, -0.05) is 36.4 Å². The SMILES string of the molecule is C=C(C)c1ccc(C(C)=O)cc1. The van der Waals surface area contributed by atoms with E-state index in [9.17, 15) is 4.79 Å². The van der Waals surface area contributed by atoms with E-state index >= 15 is 0 Å². The highest BCUT2D eigenvalue weighted by Gasteiger charge is 1.98. The summed E-state index contributed by atoms with van der Waals surface area (Å²) in [5, 5.41) is 0. The minimum absolute atomic E-state index is 0.100. The molecule has 0 saturated carbocycles. The number of rotatable bonds is 2. The summed E-state index contributed by atoms with van der Waals surface area (Å²) >= 11 is 0. The predicted molar refractivity (Wildman–Crippen MR) is 51.2 cm³/mol. The first-order valence-corrected chi connectivity index (χ1v) is 3.88. The van der Waals surface area contributed by atoms with Gasteiger partial charge in [-0.2, -0.15) is 0 Å². The molecule has 0 atom stereocenters. The first-order chi connectivity index (χ1) is 5.61. The molecule has 1 heteroatoms. The summed E-state index contributed by atoms with van der Waals surface area (Å²) in [6.45, 7) is 7.33. The first-order valence-electron chi connectivity index (χ1n) is 3.88. The Labute approximate surface area is 72.7 Å². The number of ketones is 1. The maximum absolute atomic E-state index is 10.9. The van der Waals surface area contributed by atoms with Crippen LogP contribution in [0.25, 0.3) is 5.57 Å². The van der Waals surface area contributed by atoms with Gasteiger partial charge in [0.2, 0.25) is 0 Å². The van der Waals surface area contributed by atoms with E-state index in [1.54, 1.807) is 6.92 Å². The molecule has 0 amide bonds. The summed E-state index contributed by atoms with van der Waals surface area (Å²) in [5.41, 5.74) is 2.85. The van der Waals surface area contributed by atoms with Crippen molar-refractivity contribution in [3.8, 4) is 0 Å². The number of carbonyl (C=O) groups excluding carboxylic acids is 1. The zero-order valence-corrected chi connectivity index (χ0v) is 7.42. The van der Waals surface area contributed by atoms with Crippen molar-refractivity contribution in [2.24, 2.45) is 0 Å². The van der Waals surface area contributed by atoms with Gasteiger partial charge >= 0.3 is 0 Å². The van der Waals surface area contributed by atoms with Gasteiger partial charge in [0.15, 0.2) is 5.78 Å². The summed E-state index contributed by atoms with van der Waals surface area (Å²) in [6.07, 6.45) is 0. The van der Waals surface area contributed by atoms with Crippen LogP contribution in [0.15, 0.2) is 30.8 Å². The van der Waals surface area contributed by atoms with E-state index in [0.717, 1.165) is 16.7 Å². The molecule has 1 aromatic carbocycles. The Morgan fingerprint density at radius 2 is 1.50 bits per heavy atom. The molecule has 0 spiro atoms. The van der Waals surface area contributed by atoms with E-state index in [0.29, 0.717) is 0 Å². The van der Waals surface area contributed by atoms with E-state index in [-0.39, 0.29) is 5.78 Å². The Morgan fingerprint density at radius 1 is 1.08 bits per heavy atom. The van der Waals surface area contributed by atoms with E-state index in [1.165, 1.54) is 0 Å². The molecule has 1 nitrogen and oxygen atoms in total. The van der Waals surface area contributed by atoms with E-state index in [1.807, 2.05) is 31.2 Å². The average molecular weight is 160 g/mol. The maximum atomic E-state index is 10.9. The van der Waals surface area contributed by atoms with Crippen LogP contribution in [0.2, 0.25) is 0 Å². The number of allylic oxidation sites excluding steroid dienone is 1. The van der Waals surface area contributed by atoms with Gasteiger partial charge in [0, 0.05) is 5.56 Å². The molecule has 1 rings (SSSR count). The van der Waals surface area contributed by atoms with Crippen molar-refractivity contribution in [2.75, 3.05) is 0 Å². The van der Waals surface area contributed by atoms with Crippen LogP contribution in [-0.4, -0.2) is 5.78 Å². The summed E-state index contributed by atoms with van der Waals surface area (Å²) in [5.74, 6) is 0.100. The molecule has 1 aromatic rings. The van der Waals surface area contributed by atoms with Gasteiger partial charge in [-0.15, -0.1) is 0 Å². The molecule has 12 heavy (non-hydrogen) atoms. The number of hydrogen-bond acceptors (Lipinski definition) is 1. The van der Waals surface area contributed by atoms with Gasteiger partial charge in [-0.05, 0) is 19.4 Å². The van der Waals surface area contributed by atoms with Crippen LogP contribution < -0.4 is 0 Å². The Balaban J connectivity index is 3.01. The highest BCUT2D eigenvalue weighted by atomic mass is 16.1. The molecule has 0 aliphatic rings. The number of carbonyl (C=O) groups is 1. The lowest BCUT2D eigenvalue weighted by Gasteiger charge is -1.99. The van der Waals surface area contributed by atoms with Crippen LogP contribution in [0.3, 0.4) is 0 Å². The van der Waals surface area contributed by atoms with Crippen LogP contribution >= 0.6 is 0 Å². The Bertz CT molecular complexity index is 273. The van der Waals surface area contributed by atoms with Gasteiger partial charge in [0.25, 0.3) is 0 Å². The fraction of sp³-hybridized carbons (Fsp3) is 0.182. The lowest BCUT2D eigenvalue weighted by Crippen LogP contribution is -1.91. The van der Waals surface area contributed by atoms with Crippen LogP contribution in [0.5, 0.6) is 0 Å². The predicted octanol–water partition coefficient (Wildman–Crippen LogP) is 2.92. The quantitative estimate of drug-likeness (QED) is 0.608. The second-order valence-electron chi connectivity index (χ2n) is 2.91. The third-order valence-electron chi connectivity index (χ3n) is 1.78. The van der Waals surface area contributed by atoms with Crippen LogP contribution in [0, 0.1) is 0 Å². The van der Waals surface area contributed by atoms with Gasteiger partial charge < -0.3 is 0 Å².